The van der Waals surface area contributed by atoms with E-state index in [1.54, 1.807) is 0 Å². The smallest absolute Gasteiger partial charge is 0.337 e. The minimum Gasteiger partial charge on any atom is -0.478 e. The van der Waals surface area contributed by atoms with Gasteiger partial charge in [0.1, 0.15) is 0 Å². The number of carbonyl (C=O) groups is 2. The number of aromatic nitrogens is 1. The predicted octanol–water partition coefficient (Wildman–Crippen LogP) is 2.52. The lowest BCUT2D eigenvalue weighted by Gasteiger charge is -2.05. The van der Waals surface area contributed by atoms with Gasteiger partial charge in [0.25, 0.3) is 0 Å². The van der Waals surface area contributed by atoms with Crippen molar-refractivity contribution in [3.8, 4) is 0 Å². The fourth-order valence-corrected chi connectivity index (χ4v) is 2.41. The van der Waals surface area contributed by atoms with Crippen LogP contribution in [0.3, 0.4) is 0 Å². The Bertz CT molecular complexity index is 685. The lowest BCUT2D eigenvalue weighted by Crippen LogP contribution is -2.15. The maximum atomic E-state index is 12.2. The van der Waals surface area contributed by atoms with Crippen LogP contribution in [0.1, 0.15) is 28.3 Å². The van der Waals surface area contributed by atoms with Crippen LogP contribution in [-0.2, 0) is 4.79 Å². The predicted molar refractivity (Wildman–Crippen MR) is 77.1 cm³/mol. The number of anilines is 1. The van der Waals surface area contributed by atoms with Gasteiger partial charge in [-0.3, -0.25) is 9.78 Å². The lowest BCUT2D eigenvalue weighted by atomic mass is 10.1. The highest BCUT2D eigenvalue weighted by atomic mass is 16.4. The zero-order chi connectivity index (χ0) is 14.8. The first-order chi connectivity index (χ1) is 10.1. The van der Waals surface area contributed by atoms with Gasteiger partial charge in [0.05, 0.1) is 17.4 Å². The standard InChI is InChI=1S/C16H14N2O3/c19-15(14-7-13(14)10-4-2-1-3-5-10)18-12-6-11(16(20)21)8-17-9-12/h1-6,8-9,13-14H,7H2,(H,18,19)(H,20,21). The van der Waals surface area contributed by atoms with E-state index in [-0.39, 0.29) is 23.3 Å². The number of nitrogens with zero attached hydrogens (tertiary/aromatic N) is 1. The number of carboxylic acids is 1. The first-order valence-corrected chi connectivity index (χ1v) is 6.69. The summed E-state index contributed by atoms with van der Waals surface area (Å²) in [6.07, 6.45) is 3.52. The second kappa shape index (κ2) is 5.36. The fraction of sp³-hybridized carbons (Fsp3) is 0.188. The molecule has 2 aromatic rings. The molecule has 1 aromatic carbocycles. The largest absolute Gasteiger partial charge is 0.478 e. The SMILES string of the molecule is O=C(O)c1cncc(NC(=O)C2CC2c2ccccc2)c1. The maximum Gasteiger partial charge on any atom is 0.337 e. The molecule has 2 atom stereocenters. The average molecular weight is 282 g/mol. The van der Waals surface area contributed by atoms with Crippen LogP contribution >= 0.6 is 0 Å². The van der Waals surface area contributed by atoms with Crippen molar-refractivity contribution in [3.63, 3.8) is 0 Å². The zero-order valence-electron chi connectivity index (χ0n) is 11.2. The summed E-state index contributed by atoms with van der Waals surface area (Å²) >= 11 is 0. The van der Waals surface area contributed by atoms with Crippen molar-refractivity contribution in [1.29, 1.82) is 0 Å². The quantitative estimate of drug-likeness (QED) is 0.903. The highest BCUT2D eigenvalue weighted by Crippen LogP contribution is 2.47. The van der Waals surface area contributed by atoms with Gasteiger partial charge >= 0.3 is 5.97 Å². The van der Waals surface area contributed by atoms with Crippen molar-refractivity contribution in [2.45, 2.75) is 12.3 Å². The molecule has 1 amide bonds. The molecule has 1 aromatic heterocycles. The number of hydrogen-bond acceptors (Lipinski definition) is 3. The van der Waals surface area contributed by atoms with Crippen molar-refractivity contribution in [2.75, 3.05) is 5.32 Å². The van der Waals surface area contributed by atoms with Gasteiger partial charge in [-0.2, -0.15) is 0 Å². The summed E-state index contributed by atoms with van der Waals surface area (Å²) in [5.41, 5.74) is 1.64. The van der Waals surface area contributed by atoms with Crippen LogP contribution in [0.2, 0.25) is 0 Å². The molecule has 0 spiro atoms. The number of rotatable bonds is 4. The Balaban J connectivity index is 1.66. The number of benzene rings is 1. The number of nitrogens with one attached hydrogen (secondary N) is 1. The van der Waals surface area contributed by atoms with Crippen LogP contribution in [0.4, 0.5) is 5.69 Å². The lowest BCUT2D eigenvalue weighted by molar-refractivity contribution is -0.117. The molecule has 0 radical (unpaired) electrons. The topological polar surface area (TPSA) is 79.3 Å². The van der Waals surface area contributed by atoms with Crippen molar-refractivity contribution in [2.24, 2.45) is 5.92 Å². The van der Waals surface area contributed by atoms with Gasteiger partial charge in [0.15, 0.2) is 0 Å². The number of aromatic carboxylic acids is 1. The van der Waals surface area contributed by atoms with E-state index in [9.17, 15) is 9.59 Å². The Morgan fingerprint density at radius 1 is 1.19 bits per heavy atom. The molecule has 1 saturated carbocycles. The average Bonchev–Trinajstić information content (AvgIpc) is 3.29. The summed E-state index contributed by atoms with van der Waals surface area (Å²) in [6.45, 7) is 0. The van der Waals surface area contributed by atoms with E-state index in [1.807, 2.05) is 30.3 Å². The summed E-state index contributed by atoms with van der Waals surface area (Å²) < 4.78 is 0. The first kappa shape index (κ1) is 13.3. The van der Waals surface area contributed by atoms with E-state index in [1.165, 1.54) is 18.5 Å². The fourth-order valence-electron chi connectivity index (χ4n) is 2.41. The summed E-state index contributed by atoms with van der Waals surface area (Å²) in [6, 6.07) is 11.3. The Morgan fingerprint density at radius 3 is 2.67 bits per heavy atom. The van der Waals surface area contributed by atoms with Gasteiger partial charge in [-0.1, -0.05) is 30.3 Å². The van der Waals surface area contributed by atoms with E-state index in [0.717, 1.165) is 12.0 Å². The van der Waals surface area contributed by atoms with Gasteiger partial charge in [0, 0.05) is 12.1 Å². The molecular formula is C16H14N2O3. The second-order valence-corrected chi connectivity index (χ2v) is 5.12. The minimum atomic E-state index is -1.06. The molecule has 5 heteroatoms. The molecule has 5 nitrogen and oxygen atoms in total. The summed E-state index contributed by atoms with van der Waals surface area (Å²) in [7, 11) is 0. The molecule has 0 aliphatic heterocycles. The normalized spacial score (nSPS) is 19.8. The molecule has 1 heterocycles. The van der Waals surface area contributed by atoms with E-state index < -0.39 is 5.97 Å². The van der Waals surface area contributed by atoms with Crippen LogP contribution in [0.5, 0.6) is 0 Å². The van der Waals surface area contributed by atoms with E-state index >= 15 is 0 Å². The molecule has 21 heavy (non-hydrogen) atoms. The second-order valence-electron chi connectivity index (χ2n) is 5.12. The monoisotopic (exact) mass is 282 g/mol. The highest BCUT2D eigenvalue weighted by molar-refractivity contribution is 5.96. The molecule has 0 bridgehead atoms. The molecule has 1 aliphatic rings. The Hall–Kier alpha value is -2.69. The van der Waals surface area contributed by atoms with Crippen molar-refractivity contribution in [1.82, 2.24) is 4.98 Å². The maximum absolute atomic E-state index is 12.2. The molecule has 0 saturated heterocycles. The number of carboxylic acid groups (broad SMARTS) is 1. The summed E-state index contributed by atoms with van der Waals surface area (Å²) in [4.78, 5) is 26.8. The highest BCUT2D eigenvalue weighted by Gasteiger charge is 2.43. The third-order valence-electron chi connectivity index (χ3n) is 3.61. The first-order valence-electron chi connectivity index (χ1n) is 6.69. The number of hydrogen-bond donors (Lipinski definition) is 2. The summed E-state index contributed by atoms with van der Waals surface area (Å²) in [5.74, 6) is -0.955. The molecule has 1 aliphatic carbocycles. The molecule has 3 rings (SSSR count). The van der Waals surface area contributed by atoms with Crippen molar-refractivity contribution >= 4 is 17.6 Å². The number of pyridine rings is 1. The third kappa shape index (κ3) is 2.91. The van der Waals surface area contributed by atoms with Gasteiger partial charge < -0.3 is 10.4 Å². The zero-order valence-corrected chi connectivity index (χ0v) is 11.2. The molecule has 2 N–H and O–H groups in total. The number of carbonyl (C=O) groups excluding carboxylic acids is 1. The van der Waals surface area contributed by atoms with E-state index in [2.05, 4.69) is 10.3 Å². The Morgan fingerprint density at radius 2 is 1.95 bits per heavy atom. The summed E-state index contributed by atoms with van der Waals surface area (Å²) in [5, 5.41) is 11.6. The van der Waals surface area contributed by atoms with Crippen LogP contribution in [0, 0.1) is 5.92 Å². The van der Waals surface area contributed by atoms with Gasteiger partial charge in [-0.25, -0.2) is 4.79 Å². The Kier molecular flexibility index (Phi) is 3.39. The molecule has 2 unspecified atom stereocenters. The van der Waals surface area contributed by atoms with Gasteiger partial charge in [-0.05, 0) is 24.0 Å². The Labute approximate surface area is 121 Å². The minimum absolute atomic E-state index is 0.0547. The third-order valence-corrected chi connectivity index (χ3v) is 3.61. The van der Waals surface area contributed by atoms with Crippen LogP contribution in [-0.4, -0.2) is 22.0 Å². The van der Waals surface area contributed by atoms with E-state index in [4.69, 9.17) is 5.11 Å². The van der Waals surface area contributed by atoms with Gasteiger partial charge in [0.2, 0.25) is 5.91 Å². The van der Waals surface area contributed by atoms with Crippen LogP contribution in [0.15, 0.2) is 48.8 Å². The van der Waals surface area contributed by atoms with Crippen LogP contribution < -0.4 is 5.32 Å². The van der Waals surface area contributed by atoms with E-state index in [0.29, 0.717) is 5.69 Å². The molecule has 1 fully saturated rings. The van der Waals surface area contributed by atoms with Crippen molar-refractivity contribution in [3.05, 3.63) is 59.9 Å². The molecular weight excluding hydrogens is 268 g/mol. The van der Waals surface area contributed by atoms with Crippen molar-refractivity contribution < 1.29 is 14.7 Å². The van der Waals surface area contributed by atoms with Crippen LogP contribution in [0.25, 0.3) is 0 Å². The van der Waals surface area contributed by atoms with Gasteiger partial charge in [-0.15, -0.1) is 0 Å². The number of amides is 1. The molecule has 106 valence electrons.